The van der Waals surface area contributed by atoms with Crippen molar-refractivity contribution in [1.82, 2.24) is 19.1 Å². The molecule has 0 atom stereocenters. The molecule has 0 saturated heterocycles. The molecule has 0 N–H and O–H groups in total. The van der Waals surface area contributed by atoms with Crippen LogP contribution in [0.5, 0.6) is 0 Å². The van der Waals surface area contributed by atoms with Crippen molar-refractivity contribution >= 4 is 134 Å². The van der Waals surface area contributed by atoms with E-state index in [1.54, 1.807) is 22.7 Å². The lowest BCUT2D eigenvalue weighted by Gasteiger charge is -2.26. The summed E-state index contributed by atoms with van der Waals surface area (Å²) in [5, 5.41) is 24.2. The predicted molar refractivity (Wildman–Crippen MR) is 285 cm³/mol. The number of nitriles is 1. The molecule has 0 aliphatic heterocycles. The van der Waals surface area contributed by atoms with E-state index in [0.29, 0.717) is 22.5 Å². The van der Waals surface area contributed by atoms with Gasteiger partial charge >= 0.3 is 0 Å². The normalized spacial score (nSPS) is 12.1. The molecule has 0 bridgehead atoms. The molecule has 0 aliphatic carbocycles. The molecule has 15 aromatic rings. The lowest BCUT2D eigenvalue weighted by molar-refractivity contribution is 1.13. The number of hydrogen-bond donors (Lipinski definition) is 0. The SMILES string of the molecule is [C-]#[N+]c1c(-c2ccccc2)c(C#N)c(-n2c3c(ccc4c5ccccc5sc43)c3ccc4sc5ccccc5c4c32)c(-c2ccccc2)c1-n1c2cncc3c4ccccc4c4nccc1c4c32. The first-order chi connectivity index (χ1) is 33.7. The summed E-state index contributed by atoms with van der Waals surface area (Å²) in [6.07, 6.45) is 5.77. The highest BCUT2D eigenvalue weighted by Gasteiger charge is 2.34. The van der Waals surface area contributed by atoms with Crippen LogP contribution >= 0.6 is 22.7 Å². The maximum Gasteiger partial charge on any atom is 0.220 e. The molecule has 6 heterocycles. The van der Waals surface area contributed by atoms with Crippen LogP contribution in [0.3, 0.4) is 0 Å². The summed E-state index contributed by atoms with van der Waals surface area (Å²) in [5.74, 6) is 0. The minimum Gasteiger partial charge on any atom is -0.317 e. The van der Waals surface area contributed by atoms with Crippen molar-refractivity contribution in [2.75, 3.05) is 0 Å². The zero-order valence-corrected chi connectivity index (χ0v) is 37.5. The van der Waals surface area contributed by atoms with Gasteiger partial charge in [0.15, 0.2) is 0 Å². The van der Waals surface area contributed by atoms with Crippen LogP contribution in [-0.4, -0.2) is 19.1 Å². The molecule has 9 aromatic carbocycles. The summed E-state index contributed by atoms with van der Waals surface area (Å²) in [7, 11) is 0. The van der Waals surface area contributed by atoms with E-state index in [0.717, 1.165) is 113 Å². The number of pyridine rings is 2. The van der Waals surface area contributed by atoms with Gasteiger partial charge in [-0.25, -0.2) is 4.85 Å². The van der Waals surface area contributed by atoms with Crippen LogP contribution in [0.25, 0.3) is 144 Å². The first-order valence-electron chi connectivity index (χ1n) is 22.4. The average Bonchev–Trinajstić information content (AvgIpc) is 4.16. The van der Waals surface area contributed by atoms with Crippen molar-refractivity contribution in [3.05, 3.63) is 199 Å². The third kappa shape index (κ3) is 4.77. The fourth-order valence-corrected chi connectivity index (χ4v) is 13.8. The maximum absolute atomic E-state index is 12.1. The van der Waals surface area contributed by atoms with Gasteiger partial charge in [-0.15, -0.1) is 22.7 Å². The minimum absolute atomic E-state index is 0.383. The second-order valence-electron chi connectivity index (χ2n) is 17.3. The number of hydrogen-bond acceptors (Lipinski definition) is 5. The molecule has 0 unspecified atom stereocenters. The predicted octanol–water partition coefficient (Wildman–Crippen LogP) is 16.9. The monoisotopic (exact) mass is 898 g/mol. The van der Waals surface area contributed by atoms with Crippen LogP contribution in [0.4, 0.5) is 5.69 Å². The molecule has 8 heteroatoms. The minimum atomic E-state index is 0.383. The van der Waals surface area contributed by atoms with E-state index in [9.17, 15) is 11.8 Å². The van der Waals surface area contributed by atoms with Gasteiger partial charge in [-0.05, 0) is 40.8 Å². The van der Waals surface area contributed by atoms with E-state index in [1.165, 1.54) is 14.8 Å². The number of nitrogens with zero attached hydrogens (tertiary/aromatic N) is 6. The quantitative estimate of drug-likeness (QED) is 0.131. The van der Waals surface area contributed by atoms with Crippen LogP contribution < -0.4 is 0 Å². The highest BCUT2D eigenvalue weighted by molar-refractivity contribution is 7.27. The molecule has 68 heavy (non-hydrogen) atoms. The Bertz CT molecular complexity index is 4670. The molecular weight excluding hydrogens is 869 g/mol. The Hall–Kier alpha value is -8.92. The van der Waals surface area contributed by atoms with Crippen LogP contribution in [0.1, 0.15) is 5.56 Å². The molecular formula is C60H30N6S2. The standard InChI is InChI=1S/C60H30N6S2/c1-62-55-49(33-14-4-2-5-15-33)42(30-61)57(50(34-16-6-3-7-17-34)59(55)65-44-28-29-64-54-37-20-9-8-18-35(37)43-31-63-32-45(65)51(43)53(44)54)66-56-38(26-27-48-52(56)41-21-11-13-23-47(41)67-48)39-24-25-40-36-19-10-12-22-46(36)68-60(40)58(39)66/h2-29,31-32H. The summed E-state index contributed by atoms with van der Waals surface area (Å²) < 4.78 is 9.37. The number of thiophene rings is 2. The third-order valence-corrected chi connectivity index (χ3v) is 16.4. The summed E-state index contributed by atoms with van der Waals surface area (Å²) in [4.78, 5) is 14.6. The molecule has 0 fully saturated rings. The molecule has 0 spiro atoms. The molecule has 15 rings (SSSR count). The first-order valence-corrected chi connectivity index (χ1v) is 24.0. The van der Waals surface area contributed by atoms with E-state index in [2.05, 4.69) is 147 Å². The van der Waals surface area contributed by atoms with E-state index in [1.807, 2.05) is 55.0 Å². The van der Waals surface area contributed by atoms with Crippen molar-refractivity contribution < 1.29 is 0 Å². The molecule has 6 nitrogen and oxygen atoms in total. The van der Waals surface area contributed by atoms with Gasteiger partial charge in [0.05, 0.1) is 62.0 Å². The molecule has 0 radical (unpaired) electrons. The number of benzene rings is 9. The smallest absolute Gasteiger partial charge is 0.220 e. The zero-order chi connectivity index (χ0) is 44.8. The third-order valence-electron chi connectivity index (χ3n) is 14.1. The Balaban J connectivity index is 1.27. The number of rotatable bonds is 4. The van der Waals surface area contributed by atoms with Crippen molar-refractivity contribution in [3.63, 3.8) is 0 Å². The zero-order valence-electron chi connectivity index (χ0n) is 35.8. The topological polar surface area (TPSA) is 63.8 Å². The lowest BCUT2D eigenvalue weighted by Crippen LogP contribution is -2.09. The summed E-state index contributed by atoms with van der Waals surface area (Å²) in [5.41, 5.74) is 9.96. The first kappa shape index (κ1) is 37.3. The lowest BCUT2D eigenvalue weighted by atomic mass is 9.88. The molecule has 6 aromatic heterocycles. The summed E-state index contributed by atoms with van der Waals surface area (Å²) in [6.45, 7) is 9.35. The van der Waals surface area contributed by atoms with Gasteiger partial charge in [0, 0.05) is 91.5 Å². The Morgan fingerprint density at radius 1 is 0.485 bits per heavy atom. The van der Waals surface area contributed by atoms with Crippen LogP contribution in [0.2, 0.25) is 0 Å². The van der Waals surface area contributed by atoms with Crippen LogP contribution in [0, 0.1) is 17.9 Å². The Morgan fingerprint density at radius 2 is 1.13 bits per heavy atom. The number of aromatic nitrogens is 4. The Labute approximate surface area is 395 Å². The van der Waals surface area contributed by atoms with Crippen molar-refractivity contribution in [1.29, 1.82) is 5.26 Å². The Kier molecular flexibility index (Phi) is 7.58. The summed E-state index contributed by atoms with van der Waals surface area (Å²) in [6, 6.07) is 60.1. The number of fused-ring (bicyclic) bond motifs is 14. The summed E-state index contributed by atoms with van der Waals surface area (Å²) >= 11 is 3.58. The van der Waals surface area contributed by atoms with Gasteiger partial charge in [-0.3, -0.25) is 9.97 Å². The van der Waals surface area contributed by atoms with Gasteiger partial charge in [-0.2, -0.15) is 5.26 Å². The largest absolute Gasteiger partial charge is 0.317 e. The fourth-order valence-electron chi connectivity index (χ4n) is 11.4. The second kappa shape index (κ2) is 13.8. The van der Waals surface area contributed by atoms with E-state index in [4.69, 9.17) is 9.97 Å². The maximum atomic E-state index is 12.1. The van der Waals surface area contributed by atoms with E-state index in [-0.39, 0.29) is 0 Å². The van der Waals surface area contributed by atoms with E-state index >= 15 is 0 Å². The van der Waals surface area contributed by atoms with Gasteiger partial charge in [0.2, 0.25) is 5.69 Å². The Morgan fingerprint density at radius 3 is 1.90 bits per heavy atom. The van der Waals surface area contributed by atoms with Gasteiger partial charge in [0.25, 0.3) is 0 Å². The average molecular weight is 899 g/mol. The van der Waals surface area contributed by atoms with Crippen molar-refractivity contribution in [3.8, 4) is 39.7 Å². The van der Waals surface area contributed by atoms with Gasteiger partial charge in [-0.1, -0.05) is 140 Å². The fraction of sp³-hybridized carbons (Fsp3) is 0. The molecule has 0 aliphatic rings. The highest BCUT2D eigenvalue weighted by atomic mass is 32.1. The molecule has 312 valence electrons. The second-order valence-corrected chi connectivity index (χ2v) is 19.5. The van der Waals surface area contributed by atoms with Crippen LogP contribution in [-0.2, 0) is 0 Å². The van der Waals surface area contributed by atoms with E-state index < -0.39 is 0 Å². The van der Waals surface area contributed by atoms with Gasteiger partial charge < -0.3 is 9.13 Å². The van der Waals surface area contributed by atoms with Crippen LogP contribution in [0.15, 0.2) is 182 Å². The van der Waals surface area contributed by atoms with Gasteiger partial charge in [0.1, 0.15) is 6.07 Å². The molecule has 0 saturated carbocycles. The highest BCUT2D eigenvalue weighted by Crippen LogP contribution is 2.55. The van der Waals surface area contributed by atoms with Crippen molar-refractivity contribution in [2.45, 2.75) is 0 Å². The van der Waals surface area contributed by atoms with Crippen molar-refractivity contribution in [2.24, 2.45) is 0 Å². The molecule has 0 amide bonds.